The van der Waals surface area contributed by atoms with Crippen molar-refractivity contribution in [2.45, 2.75) is 38.1 Å². The van der Waals surface area contributed by atoms with Gasteiger partial charge in [0.15, 0.2) is 5.82 Å². The molecule has 5 rings (SSSR count). The first kappa shape index (κ1) is 17.4. The van der Waals surface area contributed by atoms with Crippen LogP contribution in [0.2, 0.25) is 0 Å². The number of fused-ring (bicyclic) bond motifs is 1. The predicted octanol–water partition coefficient (Wildman–Crippen LogP) is 3.46. The molecule has 0 spiro atoms. The second-order valence-electron chi connectivity index (χ2n) is 7.31. The van der Waals surface area contributed by atoms with Crippen LogP contribution in [0.5, 0.6) is 5.88 Å². The molecule has 2 aliphatic rings. The highest BCUT2D eigenvalue weighted by molar-refractivity contribution is 5.60. The molecule has 1 saturated carbocycles. The molecule has 0 amide bonds. The minimum absolute atomic E-state index is 0.157. The molecule has 1 aliphatic heterocycles. The zero-order valence-corrected chi connectivity index (χ0v) is 16.0. The van der Waals surface area contributed by atoms with E-state index < -0.39 is 0 Å². The van der Waals surface area contributed by atoms with Crippen LogP contribution in [0, 0.1) is 11.3 Å². The van der Waals surface area contributed by atoms with Gasteiger partial charge in [0.1, 0.15) is 11.6 Å². The number of hydrogen-bond donors (Lipinski definition) is 1. The lowest BCUT2D eigenvalue weighted by atomic mass is 9.83. The largest absolute Gasteiger partial charge is 0.422 e. The SMILES string of the molecule is CCc1nn(C2CC2)c2c1C(c1ccc(-c3ncccn3)cc1)C(C#N)=C(N)O2. The molecular weight excluding hydrogens is 364 g/mol. The van der Waals surface area contributed by atoms with Crippen LogP contribution in [0.15, 0.2) is 54.2 Å². The van der Waals surface area contributed by atoms with Gasteiger partial charge in [-0.05, 0) is 30.9 Å². The molecule has 1 aliphatic carbocycles. The van der Waals surface area contributed by atoms with Crippen molar-refractivity contribution >= 4 is 0 Å². The smallest absolute Gasteiger partial charge is 0.224 e. The summed E-state index contributed by atoms with van der Waals surface area (Å²) in [5.41, 5.74) is 10.4. The van der Waals surface area contributed by atoms with E-state index in [0.29, 0.717) is 23.3 Å². The van der Waals surface area contributed by atoms with Crippen molar-refractivity contribution in [3.05, 3.63) is 71.0 Å². The average Bonchev–Trinajstić information content (AvgIpc) is 3.55. The third-order valence-corrected chi connectivity index (χ3v) is 5.44. The fourth-order valence-electron chi connectivity index (χ4n) is 3.87. The maximum atomic E-state index is 9.83. The van der Waals surface area contributed by atoms with Gasteiger partial charge in [0.05, 0.1) is 23.2 Å². The molecule has 1 fully saturated rings. The van der Waals surface area contributed by atoms with Gasteiger partial charge in [0.25, 0.3) is 0 Å². The van der Waals surface area contributed by atoms with E-state index in [-0.39, 0.29) is 11.8 Å². The summed E-state index contributed by atoms with van der Waals surface area (Å²) in [6.45, 7) is 2.07. The molecular formula is C22H20N6O. The van der Waals surface area contributed by atoms with Gasteiger partial charge in [0, 0.05) is 18.0 Å². The van der Waals surface area contributed by atoms with Crippen LogP contribution < -0.4 is 10.5 Å². The fraction of sp³-hybridized carbons (Fsp3) is 0.273. The van der Waals surface area contributed by atoms with Crippen molar-refractivity contribution in [3.8, 4) is 23.3 Å². The second kappa shape index (κ2) is 6.74. The minimum Gasteiger partial charge on any atom is -0.422 e. The Labute approximate surface area is 168 Å². The molecule has 0 radical (unpaired) electrons. The Kier molecular flexibility index (Phi) is 4.06. The maximum absolute atomic E-state index is 9.83. The quantitative estimate of drug-likeness (QED) is 0.739. The van der Waals surface area contributed by atoms with Gasteiger partial charge in [-0.15, -0.1) is 0 Å². The van der Waals surface area contributed by atoms with E-state index in [2.05, 4.69) is 23.0 Å². The normalized spacial score (nSPS) is 18.1. The lowest BCUT2D eigenvalue weighted by Gasteiger charge is -2.25. The van der Waals surface area contributed by atoms with E-state index in [1.54, 1.807) is 18.5 Å². The highest BCUT2D eigenvalue weighted by Gasteiger charge is 2.39. The van der Waals surface area contributed by atoms with Crippen LogP contribution in [0.3, 0.4) is 0 Å². The van der Waals surface area contributed by atoms with Gasteiger partial charge in [0.2, 0.25) is 11.8 Å². The Hall–Kier alpha value is -3.66. The van der Waals surface area contributed by atoms with Crippen LogP contribution in [0.1, 0.15) is 48.5 Å². The van der Waals surface area contributed by atoms with E-state index in [1.165, 1.54) is 0 Å². The van der Waals surface area contributed by atoms with E-state index in [1.807, 2.05) is 28.9 Å². The summed E-state index contributed by atoms with van der Waals surface area (Å²) in [5.74, 6) is 1.21. The number of benzene rings is 1. The summed E-state index contributed by atoms with van der Waals surface area (Å²) in [6, 6.07) is 12.4. The third kappa shape index (κ3) is 2.85. The van der Waals surface area contributed by atoms with E-state index in [4.69, 9.17) is 15.6 Å². The maximum Gasteiger partial charge on any atom is 0.224 e. The average molecular weight is 384 g/mol. The molecule has 3 aromatic rings. The van der Waals surface area contributed by atoms with Gasteiger partial charge in [-0.25, -0.2) is 14.6 Å². The Morgan fingerprint density at radius 1 is 1.21 bits per heavy atom. The number of nitrogens with zero attached hydrogens (tertiary/aromatic N) is 5. The van der Waals surface area contributed by atoms with Crippen molar-refractivity contribution in [1.29, 1.82) is 5.26 Å². The van der Waals surface area contributed by atoms with Crippen molar-refractivity contribution in [2.24, 2.45) is 5.73 Å². The molecule has 7 nitrogen and oxygen atoms in total. The molecule has 1 atom stereocenters. The van der Waals surface area contributed by atoms with E-state index in [9.17, 15) is 5.26 Å². The molecule has 1 unspecified atom stereocenters. The van der Waals surface area contributed by atoms with Crippen molar-refractivity contribution in [2.75, 3.05) is 0 Å². The lowest BCUT2D eigenvalue weighted by Crippen LogP contribution is -2.22. The van der Waals surface area contributed by atoms with Gasteiger partial charge >= 0.3 is 0 Å². The zero-order valence-electron chi connectivity index (χ0n) is 16.0. The Morgan fingerprint density at radius 2 is 1.93 bits per heavy atom. The summed E-state index contributed by atoms with van der Waals surface area (Å²) in [7, 11) is 0. The third-order valence-electron chi connectivity index (χ3n) is 5.44. The minimum atomic E-state index is -0.294. The second-order valence-corrected chi connectivity index (χ2v) is 7.31. The standard InChI is InChI=1S/C22H20N6O/c1-2-17-19-18(13-4-6-14(7-5-13)21-25-10-3-11-26-21)16(12-23)20(24)29-22(19)28(27-17)15-8-9-15/h3-7,10-11,15,18H,2,8-9,24H2,1H3. The first-order valence-electron chi connectivity index (χ1n) is 9.77. The zero-order chi connectivity index (χ0) is 20.0. The lowest BCUT2D eigenvalue weighted by molar-refractivity contribution is 0.347. The van der Waals surface area contributed by atoms with Crippen molar-refractivity contribution < 1.29 is 4.74 Å². The topological polar surface area (TPSA) is 103 Å². The molecule has 0 saturated heterocycles. The van der Waals surface area contributed by atoms with Crippen molar-refractivity contribution in [3.63, 3.8) is 0 Å². The van der Waals surface area contributed by atoms with E-state index in [0.717, 1.165) is 41.6 Å². The molecule has 2 N–H and O–H groups in total. The number of nitriles is 1. The monoisotopic (exact) mass is 384 g/mol. The van der Waals surface area contributed by atoms with Crippen LogP contribution >= 0.6 is 0 Å². The number of allylic oxidation sites excluding steroid dienone is 1. The van der Waals surface area contributed by atoms with Gasteiger partial charge in [-0.3, -0.25) is 0 Å². The Balaban J connectivity index is 1.63. The van der Waals surface area contributed by atoms with Gasteiger partial charge < -0.3 is 10.5 Å². The summed E-state index contributed by atoms with van der Waals surface area (Å²) >= 11 is 0. The summed E-state index contributed by atoms with van der Waals surface area (Å²) in [5, 5.41) is 14.6. The molecule has 3 heterocycles. The molecule has 1 aromatic carbocycles. The molecule has 144 valence electrons. The Bertz CT molecular complexity index is 1140. The van der Waals surface area contributed by atoms with Crippen molar-refractivity contribution in [1.82, 2.24) is 19.7 Å². The first-order chi connectivity index (χ1) is 14.2. The highest BCUT2D eigenvalue weighted by atomic mass is 16.5. The van der Waals surface area contributed by atoms with Crippen LogP contribution in [-0.4, -0.2) is 19.7 Å². The number of rotatable bonds is 4. The van der Waals surface area contributed by atoms with Gasteiger partial charge in [-0.1, -0.05) is 31.2 Å². The van der Waals surface area contributed by atoms with Gasteiger partial charge in [-0.2, -0.15) is 10.4 Å². The predicted molar refractivity (Wildman–Crippen MR) is 107 cm³/mol. The summed E-state index contributed by atoms with van der Waals surface area (Å²) in [4.78, 5) is 8.60. The number of nitrogens with two attached hydrogens (primary N) is 1. The molecule has 29 heavy (non-hydrogen) atoms. The first-order valence-corrected chi connectivity index (χ1v) is 9.77. The van der Waals surface area contributed by atoms with Crippen LogP contribution in [-0.2, 0) is 6.42 Å². The highest BCUT2D eigenvalue weighted by Crippen LogP contribution is 2.48. The molecule has 7 heteroatoms. The molecule has 2 aromatic heterocycles. The van der Waals surface area contributed by atoms with Crippen LogP contribution in [0.4, 0.5) is 0 Å². The Morgan fingerprint density at radius 3 is 2.55 bits per heavy atom. The van der Waals surface area contributed by atoms with Crippen LogP contribution in [0.25, 0.3) is 11.4 Å². The van der Waals surface area contributed by atoms with E-state index >= 15 is 0 Å². The molecule has 0 bridgehead atoms. The fourth-order valence-corrected chi connectivity index (χ4v) is 3.87. The number of aryl methyl sites for hydroxylation is 1. The number of aromatic nitrogens is 4. The summed E-state index contributed by atoms with van der Waals surface area (Å²) in [6.07, 6.45) is 6.38. The number of hydrogen-bond acceptors (Lipinski definition) is 6. The summed E-state index contributed by atoms with van der Waals surface area (Å²) < 4.78 is 7.86. The number of ether oxygens (including phenoxy) is 1.